The van der Waals surface area contributed by atoms with Crippen molar-refractivity contribution in [3.63, 3.8) is 0 Å². The first-order valence-corrected chi connectivity index (χ1v) is 12.0. The summed E-state index contributed by atoms with van der Waals surface area (Å²) in [5, 5.41) is 13.8. The van der Waals surface area contributed by atoms with Crippen molar-refractivity contribution >= 4 is 45.1 Å². The number of β-amino-alcohol motifs (C(OH)–C–C–N with tert-alkyl or cyclic N) is 1. The number of carbonyl (C=O) groups excluding carboxylic acids is 2. The molecule has 0 bridgehead atoms. The van der Waals surface area contributed by atoms with E-state index in [9.17, 15) is 19.1 Å². The fraction of sp³-hybridized carbons (Fsp3) is 0.261. The minimum atomic E-state index is -1.34. The Kier molecular flexibility index (Phi) is 6.35. The molecule has 1 aliphatic heterocycles. The first-order valence-electron chi connectivity index (χ1n) is 11.2. The van der Waals surface area contributed by atoms with Crippen LogP contribution in [-0.2, 0) is 16.1 Å². The molecule has 1 aliphatic rings. The van der Waals surface area contributed by atoms with Gasteiger partial charge in [0.2, 0.25) is 11.8 Å². The third-order valence-electron chi connectivity index (χ3n) is 6.30. The third kappa shape index (κ3) is 4.51. The number of aryl methyl sites for hydroxylation is 1. The van der Waals surface area contributed by atoms with Crippen LogP contribution in [0.1, 0.15) is 12.8 Å². The smallest absolute Gasteiger partial charge is 0.246 e. The Hall–Kier alpha value is -4.30. The lowest BCUT2D eigenvalue weighted by atomic mass is 9.90. The molecule has 0 radical (unpaired) electrons. The summed E-state index contributed by atoms with van der Waals surface area (Å²) < 4.78 is 15.8. The Morgan fingerprint density at radius 1 is 1.30 bits per heavy atom. The van der Waals surface area contributed by atoms with Crippen molar-refractivity contribution in [2.24, 2.45) is 5.73 Å². The lowest BCUT2D eigenvalue weighted by Crippen LogP contribution is -2.56. The quantitative estimate of drug-likeness (QED) is 0.291. The van der Waals surface area contributed by atoms with Crippen molar-refractivity contribution in [2.45, 2.75) is 31.0 Å². The van der Waals surface area contributed by atoms with E-state index in [0.29, 0.717) is 27.9 Å². The van der Waals surface area contributed by atoms with Crippen LogP contribution in [0.15, 0.2) is 50.0 Å². The van der Waals surface area contributed by atoms with Crippen molar-refractivity contribution < 1.29 is 19.1 Å². The highest BCUT2D eigenvalue weighted by molar-refractivity contribution is 7.18. The van der Waals surface area contributed by atoms with Crippen LogP contribution in [0.5, 0.6) is 0 Å². The number of hydrogen-bond donors (Lipinski definition) is 3. The number of thiazole rings is 1. The zero-order chi connectivity index (χ0) is 26.2. The standard InChI is InChI=1S/C23H22FN9O3S/c1-2-19(35)33-10-13(34)6-23(33,21(25)36)3-4-32-12-30-15-8-27-18(5-16(15)32)31-22-28-9-17(37-22)20-14(24)7-26-11-29-20/h2,5,7-9,11-13,34H,1,3-4,6,10H2,(H2,25,36)(H,27,28,31). The van der Waals surface area contributed by atoms with Gasteiger partial charge in [-0.05, 0) is 12.5 Å². The molecule has 37 heavy (non-hydrogen) atoms. The fourth-order valence-electron chi connectivity index (χ4n) is 4.51. The van der Waals surface area contributed by atoms with Crippen molar-refractivity contribution in [1.29, 1.82) is 0 Å². The molecule has 5 rings (SSSR count). The van der Waals surface area contributed by atoms with Gasteiger partial charge in [0, 0.05) is 31.8 Å². The highest BCUT2D eigenvalue weighted by Gasteiger charge is 2.51. The second-order valence-corrected chi connectivity index (χ2v) is 9.56. The second kappa shape index (κ2) is 9.63. The molecule has 14 heteroatoms. The maximum Gasteiger partial charge on any atom is 0.246 e. The minimum Gasteiger partial charge on any atom is -0.391 e. The predicted octanol–water partition coefficient (Wildman–Crippen LogP) is 1.62. The van der Waals surface area contributed by atoms with Crippen molar-refractivity contribution in [3.05, 3.63) is 55.8 Å². The lowest BCUT2D eigenvalue weighted by Gasteiger charge is -2.35. The Labute approximate surface area is 213 Å². The number of carbonyl (C=O) groups is 2. The van der Waals surface area contributed by atoms with Crippen molar-refractivity contribution in [3.8, 4) is 10.6 Å². The SMILES string of the molecule is C=CC(=O)N1CC(O)CC1(CCn1cnc2cnc(Nc3ncc(-c4ncncc4F)s3)cc21)C(N)=O. The van der Waals surface area contributed by atoms with Gasteiger partial charge in [0.1, 0.15) is 28.9 Å². The molecule has 1 fully saturated rings. The van der Waals surface area contributed by atoms with Gasteiger partial charge in [-0.25, -0.2) is 29.3 Å². The van der Waals surface area contributed by atoms with Crippen LogP contribution in [0, 0.1) is 5.82 Å². The molecule has 4 aromatic heterocycles. The number of aliphatic hydroxyl groups excluding tert-OH is 1. The summed E-state index contributed by atoms with van der Waals surface area (Å²) in [6.45, 7) is 3.79. The summed E-state index contributed by atoms with van der Waals surface area (Å²) in [6, 6.07) is 1.77. The van der Waals surface area contributed by atoms with Crippen LogP contribution < -0.4 is 11.1 Å². The number of nitrogens with zero attached hydrogens (tertiary/aromatic N) is 7. The van der Waals surface area contributed by atoms with Gasteiger partial charge < -0.3 is 25.6 Å². The number of fused-ring (bicyclic) bond motifs is 1. The van der Waals surface area contributed by atoms with Gasteiger partial charge in [-0.1, -0.05) is 17.9 Å². The molecule has 190 valence electrons. The van der Waals surface area contributed by atoms with Gasteiger partial charge in [0.05, 0.1) is 35.2 Å². The Bertz CT molecular complexity index is 1510. The number of aliphatic hydroxyl groups is 1. The predicted molar refractivity (Wildman–Crippen MR) is 133 cm³/mol. The number of nitrogens with one attached hydrogen (secondary N) is 1. The zero-order valence-electron chi connectivity index (χ0n) is 19.4. The van der Waals surface area contributed by atoms with E-state index in [1.54, 1.807) is 18.6 Å². The number of aromatic nitrogens is 6. The number of imidazole rings is 1. The Morgan fingerprint density at radius 3 is 2.89 bits per heavy atom. The summed E-state index contributed by atoms with van der Waals surface area (Å²) in [5.74, 6) is -1.22. The third-order valence-corrected chi connectivity index (χ3v) is 7.22. The fourth-order valence-corrected chi connectivity index (χ4v) is 5.33. The molecule has 2 amide bonds. The van der Waals surface area contributed by atoms with Crippen LogP contribution in [-0.4, -0.2) is 69.5 Å². The first-order chi connectivity index (χ1) is 17.8. The van der Waals surface area contributed by atoms with Crippen LogP contribution in [0.4, 0.5) is 15.3 Å². The molecular weight excluding hydrogens is 501 g/mol. The largest absolute Gasteiger partial charge is 0.391 e. The van der Waals surface area contributed by atoms with E-state index in [4.69, 9.17) is 5.73 Å². The van der Waals surface area contributed by atoms with Gasteiger partial charge >= 0.3 is 0 Å². The number of hydrogen-bond acceptors (Lipinski definition) is 10. The number of primary amides is 1. The number of likely N-dealkylation sites (tertiary alicyclic amines) is 1. The molecule has 0 aromatic carbocycles. The normalized spacial score (nSPS) is 19.3. The van der Waals surface area contributed by atoms with E-state index in [2.05, 4.69) is 36.8 Å². The summed E-state index contributed by atoms with van der Waals surface area (Å²) >= 11 is 1.21. The van der Waals surface area contributed by atoms with Crippen LogP contribution in [0.25, 0.3) is 21.6 Å². The van der Waals surface area contributed by atoms with Gasteiger partial charge in [0.15, 0.2) is 10.9 Å². The van der Waals surface area contributed by atoms with Gasteiger partial charge in [-0.3, -0.25) is 9.59 Å². The van der Waals surface area contributed by atoms with E-state index in [1.165, 1.54) is 28.8 Å². The molecule has 1 saturated heterocycles. The molecular formula is C23H22FN9O3S. The minimum absolute atomic E-state index is 0.00513. The molecule has 12 nitrogen and oxygen atoms in total. The monoisotopic (exact) mass is 523 g/mol. The second-order valence-electron chi connectivity index (χ2n) is 8.53. The number of anilines is 2. The van der Waals surface area contributed by atoms with Crippen LogP contribution in [0.2, 0.25) is 0 Å². The van der Waals surface area contributed by atoms with E-state index < -0.39 is 29.3 Å². The summed E-state index contributed by atoms with van der Waals surface area (Å²) in [4.78, 5) is 47.3. The molecule has 5 heterocycles. The zero-order valence-corrected chi connectivity index (χ0v) is 20.2. The maximum absolute atomic E-state index is 14.0. The average Bonchev–Trinajstić information content (AvgIpc) is 3.60. The number of rotatable bonds is 8. The van der Waals surface area contributed by atoms with E-state index in [0.717, 1.165) is 17.8 Å². The van der Waals surface area contributed by atoms with Gasteiger partial charge in [-0.2, -0.15) is 0 Å². The molecule has 2 atom stereocenters. The molecule has 0 aliphatic carbocycles. The van der Waals surface area contributed by atoms with Gasteiger partial charge in [-0.15, -0.1) is 0 Å². The molecule has 4 aromatic rings. The van der Waals surface area contributed by atoms with E-state index >= 15 is 0 Å². The summed E-state index contributed by atoms with van der Waals surface area (Å²) in [5.41, 5.74) is 5.88. The Morgan fingerprint density at radius 2 is 2.14 bits per heavy atom. The molecule has 0 saturated carbocycles. The number of amides is 2. The van der Waals surface area contributed by atoms with E-state index in [-0.39, 0.29) is 25.1 Å². The lowest BCUT2D eigenvalue weighted by molar-refractivity contribution is -0.140. The Balaban J connectivity index is 1.37. The van der Waals surface area contributed by atoms with Crippen LogP contribution >= 0.6 is 11.3 Å². The van der Waals surface area contributed by atoms with Crippen LogP contribution in [0.3, 0.4) is 0 Å². The number of halogens is 1. The highest BCUT2D eigenvalue weighted by atomic mass is 32.1. The van der Waals surface area contributed by atoms with E-state index in [1.807, 2.05) is 4.57 Å². The number of pyridine rings is 1. The highest BCUT2D eigenvalue weighted by Crippen LogP contribution is 2.34. The molecule has 0 spiro atoms. The first kappa shape index (κ1) is 24.4. The summed E-state index contributed by atoms with van der Waals surface area (Å²) in [6.07, 6.45) is 7.52. The maximum atomic E-state index is 14.0. The topological polar surface area (TPSA) is 165 Å². The molecule has 4 N–H and O–H groups in total. The average molecular weight is 524 g/mol. The molecule has 2 unspecified atom stereocenters. The van der Waals surface area contributed by atoms with Crippen molar-refractivity contribution in [2.75, 3.05) is 11.9 Å². The number of nitrogens with two attached hydrogens (primary N) is 1. The van der Waals surface area contributed by atoms with Gasteiger partial charge in [0.25, 0.3) is 0 Å². The summed E-state index contributed by atoms with van der Waals surface area (Å²) in [7, 11) is 0. The van der Waals surface area contributed by atoms with Crippen molar-refractivity contribution in [1.82, 2.24) is 34.4 Å².